The topological polar surface area (TPSA) is 75.7 Å². The van der Waals surface area contributed by atoms with Gasteiger partial charge in [0.25, 0.3) is 5.91 Å². The molecule has 6 nitrogen and oxygen atoms in total. The zero-order valence-corrected chi connectivity index (χ0v) is 18.3. The predicted octanol–water partition coefficient (Wildman–Crippen LogP) is 3.27. The van der Waals surface area contributed by atoms with Crippen molar-refractivity contribution in [2.75, 3.05) is 27.0 Å². The van der Waals surface area contributed by atoms with Crippen LogP contribution in [0.1, 0.15) is 20.1 Å². The molecule has 1 heterocycles. The van der Waals surface area contributed by atoms with E-state index in [2.05, 4.69) is 10.8 Å². The molecule has 1 amide bonds. The number of sulfonamides is 1. The first-order chi connectivity index (χ1) is 13.7. The molecule has 3 aromatic rings. The van der Waals surface area contributed by atoms with E-state index in [1.807, 2.05) is 36.4 Å². The van der Waals surface area contributed by atoms with Crippen molar-refractivity contribution in [3.63, 3.8) is 0 Å². The number of carbonyl (C=O) groups is 1. The number of nitrogens with one attached hydrogen (secondary N) is 1. The number of hydrogen-bond acceptors (Lipinski definition) is 5. The second-order valence-electron chi connectivity index (χ2n) is 6.89. The number of rotatable bonds is 8. The second kappa shape index (κ2) is 8.94. The van der Waals surface area contributed by atoms with Gasteiger partial charge in [-0.15, -0.1) is 11.3 Å². The second-order valence-corrected chi connectivity index (χ2v) is 9.89. The Bertz CT molecular complexity index is 1120. The lowest BCUT2D eigenvalue weighted by atomic mass is 10.1. The molecule has 0 atom stereocenters. The van der Waals surface area contributed by atoms with Gasteiger partial charge in [-0.25, -0.2) is 13.1 Å². The average Bonchev–Trinajstić information content (AvgIpc) is 3.14. The van der Waals surface area contributed by atoms with Crippen LogP contribution in [0.15, 0.2) is 48.5 Å². The largest absolute Gasteiger partial charge is 0.497 e. The third kappa shape index (κ3) is 5.79. The summed E-state index contributed by atoms with van der Waals surface area (Å²) in [5.41, 5.74) is 1.05. The zero-order chi connectivity index (χ0) is 21.0. The number of hydrogen-bond donors (Lipinski definition) is 1. The van der Waals surface area contributed by atoms with Crippen LogP contribution in [0.2, 0.25) is 0 Å². The van der Waals surface area contributed by atoms with Crippen molar-refractivity contribution in [3.05, 3.63) is 63.8 Å². The third-order valence-electron chi connectivity index (χ3n) is 4.49. The molecule has 0 aliphatic carbocycles. The lowest BCUT2D eigenvalue weighted by molar-refractivity contribution is 0.0790. The van der Waals surface area contributed by atoms with Gasteiger partial charge < -0.3 is 9.64 Å². The molecule has 8 heteroatoms. The maximum absolute atomic E-state index is 12.8. The molecule has 0 bridgehead atoms. The van der Waals surface area contributed by atoms with Gasteiger partial charge in [-0.05, 0) is 53.1 Å². The van der Waals surface area contributed by atoms with E-state index < -0.39 is 10.0 Å². The van der Waals surface area contributed by atoms with Gasteiger partial charge in [-0.2, -0.15) is 0 Å². The first-order valence-electron chi connectivity index (χ1n) is 9.10. The summed E-state index contributed by atoms with van der Waals surface area (Å²) in [5, 5.41) is 2.19. The molecular weight excluding hydrogens is 408 g/mol. The van der Waals surface area contributed by atoms with Crippen LogP contribution in [-0.4, -0.2) is 46.2 Å². The van der Waals surface area contributed by atoms with Crippen molar-refractivity contribution in [1.82, 2.24) is 9.62 Å². The number of ether oxygens (including phenoxy) is 1. The molecule has 2 aromatic carbocycles. The number of carbonyl (C=O) groups excluding carboxylic acids is 1. The Morgan fingerprint density at radius 1 is 1.10 bits per heavy atom. The highest BCUT2D eigenvalue weighted by Crippen LogP contribution is 2.23. The predicted molar refractivity (Wildman–Crippen MR) is 117 cm³/mol. The van der Waals surface area contributed by atoms with Crippen molar-refractivity contribution in [1.29, 1.82) is 0 Å². The van der Waals surface area contributed by atoms with Gasteiger partial charge in [0.1, 0.15) is 5.75 Å². The highest BCUT2D eigenvalue weighted by atomic mass is 32.2. The Morgan fingerprint density at radius 2 is 1.83 bits per heavy atom. The maximum Gasteiger partial charge on any atom is 0.263 e. The number of thiophene rings is 1. The molecule has 154 valence electrons. The molecule has 0 unspecified atom stereocenters. The Labute approximate surface area is 175 Å². The van der Waals surface area contributed by atoms with Crippen LogP contribution in [0, 0.1) is 0 Å². The highest BCUT2D eigenvalue weighted by molar-refractivity contribution is 7.88. The fourth-order valence-corrected chi connectivity index (χ4v) is 4.49. The number of methoxy groups -OCH3 is 1. The minimum atomic E-state index is -3.20. The summed E-state index contributed by atoms with van der Waals surface area (Å²) in [6, 6.07) is 15.7. The van der Waals surface area contributed by atoms with Gasteiger partial charge in [-0.3, -0.25) is 4.79 Å². The Hall–Kier alpha value is -2.42. The smallest absolute Gasteiger partial charge is 0.263 e. The van der Waals surface area contributed by atoms with Gasteiger partial charge in [0.2, 0.25) is 10.0 Å². The van der Waals surface area contributed by atoms with Gasteiger partial charge >= 0.3 is 0 Å². The number of amides is 1. The molecule has 0 saturated heterocycles. The van der Waals surface area contributed by atoms with Crippen LogP contribution >= 0.6 is 11.3 Å². The maximum atomic E-state index is 12.8. The van der Waals surface area contributed by atoms with Crippen molar-refractivity contribution in [3.8, 4) is 5.75 Å². The van der Waals surface area contributed by atoms with Gasteiger partial charge in [0, 0.05) is 25.0 Å². The minimum absolute atomic E-state index is 0.0489. The Kier molecular flexibility index (Phi) is 6.56. The van der Waals surface area contributed by atoms with Crippen LogP contribution in [0.3, 0.4) is 0 Å². The summed E-state index contributed by atoms with van der Waals surface area (Å²) in [6.45, 7) is 0.828. The quantitative estimate of drug-likeness (QED) is 0.593. The third-order valence-corrected chi connectivity index (χ3v) is 6.35. The van der Waals surface area contributed by atoms with Gasteiger partial charge in [0.05, 0.1) is 18.2 Å². The number of benzene rings is 2. The first kappa shape index (κ1) is 21.3. The summed E-state index contributed by atoms with van der Waals surface area (Å²) < 4.78 is 30.0. The van der Waals surface area contributed by atoms with E-state index in [-0.39, 0.29) is 5.91 Å². The molecule has 1 N–H and O–H groups in total. The molecule has 0 fully saturated rings. The van der Waals surface area contributed by atoms with Crippen molar-refractivity contribution >= 4 is 38.0 Å². The minimum Gasteiger partial charge on any atom is -0.497 e. The van der Waals surface area contributed by atoms with E-state index in [1.54, 1.807) is 25.1 Å². The van der Waals surface area contributed by atoms with E-state index in [0.717, 1.165) is 33.2 Å². The summed E-state index contributed by atoms with van der Waals surface area (Å²) >= 11 is 1.40. The molecule has 0 spiro atoms. The molecule has 0 saturated carbocycles. The van der Waals surface area contributed by atoms with Crippen molar-refractivity contribution in [2.24, 2.45) is 0 Å². The van der Waals surface area contributed by atoms with E-state index in [9.17, 15) is 13.2 Å². The monoisotopic (exact) mass is 432 g/mol. The Balaban J connectivity index is 1.64. The average molecular weight is 433 g/mol. The van der Waals surface area contributed by atoms with Gasteiger partial charge in [0.15, 0.2) is 0 Å². The highest BCUT2D eigenvalue weighted by Gasteiger charge is 2.15. The van der Waals surface area contributed by atoms with Crippen LogP contribution in [0.25, 0.3) is 10.8 Å². The molecule has 3 rings (SSSR count). The van der Waals surface area contributed by atoms with Gasteiger partial charge in [-0.1, -0.05) is 18.2 Å². The Morgan fingerprint density at radius 3 is 2.55 bits per heavy atom. The van der Waals surface area contributed by atoms with Crippen molar-refractivity contribution in [2.45, 2.75) is 13.0 Å². The summed E-state index contributed by atoms with van der Waals surface area (Å²) in [6.07, 6.45) is 1.69. The number of fused-ring (bicyclic) bond motifs is 1. The standard InChI is InChI=1S/C21H24N2O4S2/c1-23(14-15-4-5-17-13-18(27-2)7-6-16(17)12-15)21(24)20-9-8-19(28-20)10-11-22-29(3,25)26/h4-9,12-13,22H,10-11,14H2,1-3H3. The van der Waals surface area contributed by atoms with Crippen LogP contribution in [-0.2, 0) is 23.0 Å². The summed E-state index contributed by atoms with van der Waals surface area (Å²) in [5.74, 6) is 0.768. The first-order valence-corrected chi connectivity index (χ1v) is 11.8. The summed E-state index contributed by atoms with van der Waals surface area (Å²) in [7, 11) is 0.231. The van der Waals surface area contributed by atoms with E-state index >= 15 is 0 Å². The molecular formula is C21H24N2O4S2. The summed E-state index contributed by atoms with van der Waals surface area (Å²) in [4.78, 5) is 16.1. The van der Waals surface area contributed by atoms with Crippen LogP contribution in [0.5, 0.6) is 5.75 Å². The van der Waals surface area contributed by atoms with E-state index in [4.69, 9.17) is 4.74 Å². The lowest BCUT2D eigenvalue weighted by Crippen LogP contribution is -2.25. The fraction of sp³-hybridized carbons (Fsp3) is 0.286. The number of nitrogens with zero attached hydrogens (tertiary/aromatic N) is 1. The molecule has 0 aliphatic heterocycles. The normalized spacial score (nSPS) is 11.6. The molecule has 29 heavy (non-hydrogen) atoms. The van der Waals surface area contributed by atoms with E-state index in [0.29, 0.717) is 24.4 Å². The lowest BCUT2D eigenvalue weighted by Gasteiger charge is -2.17. The zero-order valence-electron chi connectivity index (χ0n) is 16.6. The molecule has 0 radical (unpaired) electrons. The molecule has 0 aliphatic rings. The molecule has 1 aromatic heterocycles. The van der Waals surface area contributed by atoms with Crippen molar-refractivity contribution < 1.29 is 17.9 Å². The SMILES string of the molecule is COc1ccc2cc(CN(C)C(=O)c3ccc(CCNS(C)(=O)=O)s3)ccc2c1. The van der Waals surface area contributed by atoms with E-state index in [1.165, 1.54) is 11.3 Å². The van der Waals surface area contributed by atoms with Crippen LogP contribution < -0.4 is 9.46 Å². The van der Waals surface area contributed by atoms with Crippen LogP contribution in [0.4, 0.5) is 0 Å². The fourth-order valence-electron chi connectivity index (χ4n) is 3.02.